The monoisotopic (exact) mass is 446 g/mol. The summed E-state index contributed by atoms with van der Waals surface area (Å²) in [7, 11) is 0. The molecule has 0 spiro atoms. The summed E-state index contributed by atoms with van der Waals surface area (Å²) in [5, 5.41) is 25.0. The van der Waals surface area contributed by atoms with E-state index in [-0.39, 0.29) is 12.8 Å². The third kappa shape index (κ3) is 10.4. The maximum atomic E-state index is 12.5. The molecule has 5 amide bonds. The van der Waals surface area contributed by atoms with Crippen molar-refractivity contribution in [3.8, 4) is 0 Å². The van der Waals surface area contributed by atoms with Gasteiger partial charge in [-0.25, -0.2) is 4.79 Å². The number of rotatable bonds is 14. The molecular weight excluding hydrogens is 416 g/mol. The van der Waals surface area contributed by atoms with Crippen LogP contribution in [0.2, 0.25) is 0 Å². The van der Waals surface area contributed by atoms with Gasteiger partial charge in [0.25, 0.3) is 0 Å². The summed E-state index contributed by atoms with van der Waals surface area (Å²) in [6, 6.07) is -5.59. The predicted molar refractivity (Wildman–Crippen MR) is 106 cm³/mol. The molecule has 0 saturated heterocycles. The van der Waals surface area contributed by atoms with Gasteiger partial charge in [-0.2, -0.15) is 0 Å². The SMILES string of the molecule is CC(C)C(NC(=O)C(CO)NC(=O)C(CC(N)=O)NC(=O)C(N)CCC(N)=O)C(=O)O. The average molecular weight is 446 g/mol. The van der Waals surface area contributed by atoms with Crippen molar-refractivity contribution in [2.45, 2.75) is 57.3 Å². The number of aliphatic carboxylic acids is 1. The van der Waals surface area contributed by atoms with E-state index in [1.165, 1.54) is 0 Å². The zero-order chi connectivity index (χ0) is 24.3. The van der Waals surface area contributed by atoms with Crippen LogP contribution in [0.5, 0.6) is 0 Å². The molecule has 0 aromatic heterocycles. The lowest BCUT2D eigenvalue weighted by Crippen LogP contribution is -2.59. The lowest BCUT2D eigenvalue weighted by atomic mass is 10.0. The molecule has 0 bridgehead atoms. The van der Waals surface area contributed by atoms with Crippen LogP contribution in [0.25, 0.3) is 0 Å². The molecule has 0 fully saturated rings. The smallest absolute Gasteiger partial charge is 0.326 e. The zero-order valence-corrected chi connectivity index (χ0v) is 17.3. The minimum absolute atomic E-state index is 0.112. The van der Waals surface area contributed by atoms with Crippen molar-refractivity contribution in [3.05, 3.63) is 0 Å². The van der Waals surface area contributed by atoms with Crippen LogP contribution in [0.3, 0.4) is 0 Å². The van der Waals surface area contributed by atoms with Crippen molar-refractivity contribution in [1.29, 1.82) is 0 Å². The highest BCUT2D eigenvalue weighted by molar-refractivity contribution is 5.96. The van der Waals surface area contributed by atoms with E-state index in [1.807, 2.05) is 0 Å². The van der Waals surface area contributed by atoms with Crippen molar-refractivity contribution in [2.75, 3.05) is 6.61 Å². The Morgan fingerprint density at radius 1 is 0.839 bits per heavy atom. The molecule has 0 aromatic carbocycles. The quantitative estimate of drug-likeness (QED) is 0.128. The third-order valence-electron chi connectivity index (χ3n) is 4.12. The van der Waals surface area contributed by atoms with E-state index in [4.69, 9.17) is 22.3 Å². The first-order chi connectivity index (χ1) is 14.3. The van der Waals surface area contributed by atoms with Crippen LogP contribution in [0.4, 0.5) is 0 Å². The number of hydrogen-bond acceptors (Lipinski definition) is 8. The number of aliphatic hydroxyl groups is 1. The number of carbonyl (C=O) groups is 6. The minimum atomic E-state index is -1.57. The lowest BCUT2D eigenvalue weighted by molar-refractivity contribution is -0.144. The fourth-order valence-corrected chi connectivity index (χ4v) is 2.35. The second kappa shape index (κ2) is 13.1. The average Bonchev–Trinajstić information content (AvgIpc) is 2.66. The first-order valence-electron chi connectivity index (χ1n) is 9.37. The molecule has 0 radical (unpaired) electrons. The van der Waals surface area contributed by atoms with Gasteiger partial charge in [-0.15, -0.1) is 0 Å². The summed E-state index contributed by atoms with van der Waals surface area (Å²) in [5.74, 6) is -6.34. The number of carboxylic acid groups (broad SMARTS) is 1. The Kier molecular flexibility index (Phi) is 11.7. The maximum Gasteiger partial charge on any atom is 0.326 e. The van der Waals surface area contributed by atoms with E-state index >= 15 is 0 Å². The number of nitrogens with two attached hydrogens (primary N) is 3. The summed E-state index contributed by atoms with van der Waals surface area (Å²) in [6.45, 7) is 2.20. The normalized spacial score (nSPS) is 14.6. The maximum absolute atomic E-state index is 12.5. The van der Waals surface area contributed by atoms with Crippen LogP contribution in [0.1, 0.15) is 33.1 Å². The van der Waals surface area contributed by atoms with E-state index in [0.717, 1.165) is 0 Å². The Labute approximate surface area is 178 Å². The van der Waals surface area contributed by atoms with Crippen LogP contribution >= 0.6 is 0 Å². The van der Waals surface area contributed by atoms with Crippen molar-refractivity contribution in [2.24, 2.45) is 23.1 Å². The van der Waals surface area contributed by atoms with Gasteiger partial charge in [0.1, 0.15) is 18.1 Å². The van der Waals surface area contributed by atoms with Crippen LogP contribution in [-0.4, -0.2) is 76.5 Å². The van der Waals surface area contributed by atoms with Crippen molar-refractivity contribution < 1.29 is 39.0 Å². The van der Waals surface area contributed by atoms with Crippen LogP contribution < -0.4 is 33.2 Å². The highest BCUT2D eigenvalue weighted by Gasteiger charge is 2.31. The molecule has 0 heterocycles. The number of carbonyl (C=O) groups excluding carboxylic acids is 5. The van der Waals surface area contributed by atoms with E-state index in [0.29, 0.717) is 0 Å². The van der Waals surface area contributed by atoms with Gasteiger partial charge in [0.15, 0.2) is 0 Å². The summed E-state index contributed by atoms with van der Waals surface area (Å²) in [6.07, 6.45) is -0.947. The molecule has 4 unspecified atom stereocenters. The van der Waals surface area contributed by atoms with Crippen LogP contribution in [0.15, 0.2) is 0 Å². The molecule has 0 rings (SSSR count). The molecule has 0 aliphatic heterocycles. The fourth-order valence-electron chi connectivity index (χ4n) is 2.35. The molecule has 0 aliphatic rings. The van der Waals surface area contributed by atoms with Gasteiger partial charge < -0.3 is 43.4 Å². The molecule has 0 saturated carbocycles. The first kappa shape index (κ1) is 27.7. The highest BCUT2D eigenvalue weighted by Crippen LogP contribution is 2.03. The number of primary amides is 2. The molecule has 14 nitrogen and oxygen atoms in total. The topological polar surface area (TPSA) is 257 Å². The Morgan fingerprint density at radius 3 is 1.77 bits per heavy atom. The third-order valence-corrected chi connectivity index (χ3v) is 4.12. The molecule has 0 aliphatic carbocycles. The standard InChI is InChI=1S/C17H30N6O8/c1-7(2)13(17(30)31)23-16(29)10(6-24)22-15(28)9(5-12(20)26)21-14(27)8(18)3-4-11(19)25/h7-10,13,24H,3-6,18H2,1-2H3,(H2,19,25)(H2,20,26)(H,21,27)(H,22,28)(H,23,29)(H,30,31). The first-order valence-corrected chi connectivity index (χ1v) is 9.37. The second-order valence-electron chi connectivity index (χ2n) is 7.16. The second-order valence-corrected chi connectivity index (χ2v) is 7.16. The van der Waals surface area contributed by atoms with E-state index in [9.17, 15) is 33.9 Å². The van der Waals surface area contributed by atoms with E-state index in [2.05, 4.69) is 16.0 Å². The predicted octanol–water partition coefficient (Wildman–Crippen LogP) is -4.36. The number of aliphatic hydroxyl groups excluding tert-OH is 1. The van der Waals surface area contributed by atoms with Gasteiger partial charge in [0.2, 0.25) is 29.5 Å². The Bertz CT molecular complexity index is 698. The van der Waals surface area contributed by atoms with Gasteiger partial charge >= 0.3 is 5.97 Å². The van der Waals surface area contributed by atoms with Crippen molar-refractivity contribution >= 4 is 35.5 Å². The molecule has 0 aromatic rings. The summed E-state index contributed by atoms with van der Waals surface area (Å²) in [4.78, 5) is 70.1. The number of hydrogen-bond donors (Lipinski definition) is 8. The fraction of sp³-hybridized carbons (Fsp3) is 0.647. The van der Waals surface area contributed by atoms with Crippen molar-refractivity contribution in [3.63, 3.8) is 0 Å². The van der Waals surface area contributed by atoms with Gasteiger partial charge in [-0.1, -0.05) is 13.8 Å². The number of carboxylic acids is 1. The molecular formula is C17H30N6O8. The van der Waals surface area contributed by atoms with Gasteiger partial charge in [0.05, 0.1) is 19.1 Å². The molecule has 14 heteroatoms. The van der Waals surface area contributed by atoms with Gasteiger partial charge in [-0.3, -0.25) is 24.0 Å². The largest absolute Gasteiger partial charge is 0.480 e. The number of nitrogens with one attached hydrogen (secondary N) is 3. The van der Waals surface area contributed by atoms with E-state index < -0.39 is 78.6 Å². The highest BCUT2D eigenvalue weighted by atomic mass is 16.4. The van der Waals surface area contributed by atoms with E-state index in [1.54, 1.807) is 13.8 Å². The Morgan fingerprint density at radius 2 is 1.35 bits per heavy atom. The summed E-state index contributed by atoms with van der Waals surface area (Å²) < 4.78 is 0. The van der Waals surface area contributed by atoms with Crippen molar-refractivity contribution in [1.82, 2.24) is 16.0 Å². The zero-order valence-electron chi connectivity index (χ0n) is 17.3. The summed E-state index contributed by atoms with van der Waals surface area (Å²) >= 11 is 0. The molecule has 31 heavy (non-hydrogen) atoms. The number of amides is 5. The Balaban J connectivity index is 5.24. The van der Waals surface area contributed by atoms with Crippen LogP contribution in [-0.2, 0) is 28.8 Å². The Hall–Kier alpha value is -3.26. The molecule has 4 atom stereocenters. The van der Waals surface area contributed by atoms with Gasteiger partial charge in [0, 0.05) is 6.42 Å². The molecule has 11 N–H and O–H groups in total. The summed E-state index contributed by atoms with van der Waals surface area (Å²) in [5.41, 5.74) is 15.7. The van der Waals surface area contributed by atoms with Gasteiger partial charge in [-0.05, 0) is 12.3 Å². The molecule has 176 valence electrons. The van der Waals surface area contributed by atoms with Crippen LogP contribution in [0, 0.1) is 5.92 Å². The minimum Gasteiger partial charge on any atom is -0.480 e. The lowest BCUT2D eigenvalue weighted by Gasteiger charge is -2.24.